The van der Waals surface area contributed by atoms with Crippen molar-refractivity contribution in [2.45, 2.75) is 33.2 Å². The predicted octanol–water partition coefficient (Wildman–Crippen LogP) is 5.50. The highest BCUT2D eigenvalue weighted by atomic mass is 19.1. The molecule has 3 aromatic rings. The molecule has 4 heteroatoms. The van der Waals surface area contributed by atoms with Gasteiger partial charge in [0.05, 0.1) is 11.9 Å². The summed E-state index contributed by atoms with van der Waals surface area (Å²) >= 11 is 0. The molecule has 0 spiro atoms. The number of benzene rings is 2. The van der Waals surface area contributed by atoms with Crippen molar-refractivity contribution in [3.8, 4) is 22.6 Å². The summed E-state index contributed by atoms with van der Waals surface area (Å²) in [5, 5.41) is 0. The lowest BCUT2D eigenvalue weighted by Gasteiger charge is -2.21. The number of halogens is 1. The fraction of sp³-hybridized carbons (Fsp3) is 0.318. The van der Waals surface area contributed by atoms with Crippen LogP contribution in [0.25, 0.3) is 22.6 Å². The fourth-order valence-corrected chi connectivity index (χ4v) is 3.22. The molecule has 0 saturated heterocycles. The number of hydrogen-bond donors (Lipinski definition) is 1. The highest BCUT2D eigenvalue weighted by molar-refractivity contribution is 5.64. The first-order valence-corrected chi connectivity index (χ1v) is 9.32. The molecule has 136 valence electrons. The van der Waals surface area contributed by atoms with Crippen LogP contribution in [-0.4, -0.2) is 28.0 Å². The second-order valence-electron chi connectivity index (χ2n) is 6.63. The van der Waals surface area contributed by atoms with E-state index in [1.54, 1.807) is 12.1 Å². The van der Waals surface area contributed by atoms with E-state index in [4.69, 9.17) is 0 Å². The normalized spacial score (nSPS) is 11.2. The number of nitrogens with zero attached hydrogens (tertiary/aromatic N) is 2. The minimum absolute atomic E-state index is 0.239. The molecule has 1 heterocycles. The van der Waals surface area contributed by atoms with Crippen LogP contribution in [-0.2, 0) is 6.54 Å². The van der Waals surface area contributed by atoms with Crippen LogP contribution in [0.3, 0.4) is 0 Å². The van der Waals surface area contributed by atoms with Gasteiger partial charge in [-0.1, -0.05) is 32.0 Å². The summed E-state index contributed by atoms with van der Waals surface area (Å²) < 4.78 is 13.1. The third-order valence-electron chi connectivity index (χ3n) is 4.42. The molecule has 0 amide bonds. The Hall–Kier alpha value is -2.46. The maximum atomic E-state index is 13.1. The fourth-order valence-electron chi connectivity index (χ4n) is 3.22. The Balaban J connectivity index is 1.78. The largest absolute Gasteiger partial charge is 0.338 e. The molecule has 0 aliphatic rings. The van der Waals surface area contributed by atoms with Gasteiger partial charge in [-0.2, -0.15) is 0 Å². The Morgan fingerprint density at radius 3 is 2.38 bits per heavy atom. The molecule has 1 aromatic heterocycles. The van der Waals surface area contributed by atoms with Crippen molar-refractivity contribution in [1.29, 1.82) is 0 Å². The lowest BCUT2D eigenvalue weighted by Crippen LogP contribution is -2.24. The standard InChI is InChI=1S/C22H26FN3/c1-3-12-26(13-4-2)16-17-6-5-7-19(14-17)21-15-24-22(25-21)18-8-10-20(23)11-9-18/h5-11,14-15H,3-4,12-13,16H2,1-2H3,(H,24,25). The average Bonchev–Trinajstić information content (AvgIpc) is 3.13. The Bertz CT molecular complexity index is 817. The minimum Gasteiger partial charge on any atom is -0.338 e. The number of imidazole rings is 1. The first-order chi connectivity index (χ1) is 12.7. The van der Waals surface area contributed by atoms with E-state index in [0.29, 0.717) is 0 Å². The molecule has 0 fully saturated rings. The van der Waals surface area contributed by atoms with Crippen LogP contribution in [0, 0.1) is 5.82 Å². The molecule has 0 unspecified atom stereocenters. The summed E-state index contributed by atoms with van der Waals surface area (Å²) in [6, 6.07) is 15.0. The first-order valence-electron chi connectivity index (χ1n) is 9.32. The molecule has 0 atom stereocenters. The zero-order valence-corrected chi connectivity index (χ0v) is 15.5. The van der Waals surface area contributed by atoms with Crippen molar-refractivity contribution in [3.63, 3.8) is 0 Å². The Kier molecular flexibility index (Phi) is 6.18. The van der Waals surface area contributed by atoms with Gasteiger partial charge < -0.3 is 4.98 Å². The summed E-state index contributed by atoms with van der Waals surface area (Å²) in [5.41, 5.74) is 4.29. The topological polar surface area (TPSA) is 31.9 Å². The van der Waals surface area contributed by atoms with Crippen LogP contribution in [0.5, 0.6) is 0 Å². The van der Waals surface area contributed by atoms with Gasteiger partial charge in [-0.15, -0.1) is 0 Å². The monoisotopic (exact) mass is 351 g/mol. The molecule has 0 saturated carbocycles. The number of H-pyrrole nitrogens is 1. The van der Waals surface area contributed by atoms with Gasteiger partial charge in [-0.05, 0) is 67.4 Å². The smallest absolute Gasteiger partial charge is 0.137 e. The van der Waals surface area contributed by atoms with Crippen molar-refractivity contribution >= 4 is 0 Å². The van der Waals surface area contributed by atoms with Gasteiger partial charge in [-0.3, -0.25) is 4.90 Å². The van der Waals surface area contributed by atoms with Crippen LogP contribution >= 0.6 is 0 Å². The van der Waals surface area contributed by atoms with Gasteiger partial charge in [-0.25, -0.2) is 9.37 Å². The Labute approximate surface area is 154 Å². The van der Waals surface area contributed by atoms with Gasteiger partial charge >= 0.3 is 0 Å². The Morgan fingerprint density at radius 1 is 0.962 bits per heavy atom. The van der Waals surface area contributed by atoms with Gasteiger partial charge in [0, 0.05) is 12.1 Å². The molecule has 0 radical (unpaired) electrons. The number of nitrogens with one attached hydrogen (secondary N) is 1. The molecule has 0 aliphatic heterocycles. The van der Waals surface area contributed by atoms with E-state index in [-0.39, 0.29) is 5.82 Å². The number of rotatable bonds is 8. The molecule has 26 heavy (non-hydrogen) atoms. The minimum atomic E-state index is -0.239. The molecular weight excluding hydrogens is 325 g/mol. The quantitative estimate of drug-likeness (QED) is 0.581. The summed E-state index contributed by atoms with van der Waals surface area (Å²) in [6.45, 7) is 7.66. The third kappa shape index (κ3) is 4.58. The van der Waals surface area contributed by atoms with E-state index in [0.717, 1.165) is 42.3 Å². The molecule has 3 nitrogen and oxygen atoms in total. The molecule has 0 aliphatic carbocycles. The number of aromatic amines is 1. The molecule has 1 N–H and O–H groups in total. The second kappa shape index (κ2) is 8.77. The van der Waals surface area contributed by atoms with E-state index in [1.807, 2.05) is 6.20 Å². The first kappa shape index (κ1) is 18.3. The SMILES string of the molecule is CCCN(CCC)Cc1cccc(-c2cnc(-c3ccc(F)cc3)[nH]2)c1. The van der Waals surface area contributed by atoms with E-state index in [9.17, 15) is 4.39 Å². The van der Waals surface area contributed by atoms with Crippen LogP contribution in [0.1, 0.15) is 32.3 Å². The molecule has 3 rings (SSSR count). The maximum absolute atomic E-state index is 13.1. The van der Waals surface area contributed by atoms with Crippen LogP contribution in [0.4, 0.5) is 4.39 Å². The van der Waals surface area contributed by atoms with Crippen molar-refractivity contribution in [1.82, 2.24) is 14.9 Å². The summed E-state index contributed by atoms with van der Waals surface area (Å²) in [7, 11) is 0. The zero-order valence-electron chi connectivity index (χ0n) is 15.5. The van der Waals surface area contributed by atoms with Crippen LogP contribution in [0.15, 0.2) is 54.7 Å². The maximum Gasteiger partial charge on any atom is 0.137 e. The summed E-state index contributed by atoms with van der Waals surface area (Å²) in [5.74, 6) is 0.515. The van der Waals surface area contributed by atoms with E-state index in [2.05, 4.69) is 53.0 Å². The molecule has 0 bridgehead atoms. The van der Waals surface area contributed by atoms with Gasteiger partial charge in [0.15, 0.2) is 0 Å². The lowest BCUT2D eigenvalue weighted by atomic mass is 10.1. The molecule has 2 aromatic carbocycles. The van der Waals surface area contributed by atoms with Crippen molar-refractivity contribution in [2.75, 3.05) is 13.1 Å². The zero-order chi connectivity index (χ0) is 18.4. The van der Waals surface area contributed by atoms with Gasteiger partial charge in [0.1, 0.15) is 11.6 Å². The third-order valence-corrected chi connectivity index (χ3v) is 4.42. The highest BCUT2D eigenvalue weighted by Crippen LogP contribution is 2.23. The van der Waals surface area contributed by atoms with E-state index >= 15 is 0 Å². The highest BCUT2D eigenvalue weighted by Gasteiger charge is 2.08. The van der Waals surface area contributed by atoms with Crippen molar-refractivity contribution in [3.05, 3.63) is 66.1 Å². The van der Waals surface area contributed by atoms with Crippen molar-refractivity contribution in [2.24, 2.45) is 0 Å². The van der Waals surface area contributed by atoms with Crippen molar-refractivity contribution < 1.29 is 4.39 Å². The number of aromatic nitrogens is 2. The summed E-state index contributed by atoms with van der Waals surface area (Å²) in [6.07, 6.45) is 4.18. The van der Waals surface area contributed by atoms with Gasteiger partial charge in [0.2, 0.25) is 0 Å². The van der Waals surface area contributed by atoms with Crippen LogP contribution in [0.2, 0.25) is 0 Å². The van der Waals surface area contributed by atoms with Gasteiger partial charge in [0.25, 0.3) is 0 Å². The average molecular weight is 351 g/mol. The van der Waals surface area contributed by atoms with E-state index in [1.165, 1.54) is 30.5 Å². The summed E-state index contributed by atoms with van der Waals surface area (Å²) in [4.78, 5) is 10.3. The molecular formula is C22H26FN3. The van der Waals surface area contributed by atoms with E-state index < -0.39 is 0 Å². The Morgan fingerprint density at radius 2 is 1.69 bits per heavy atom. The number of hydrogen-bond acceptors (Lipinski definition) is 2. The lowest BCUT2D eigenvalue weighted by molar-refractivity contribution is 0.266. The predicted molar refractivity (Wildman–Crippen MR) is 105 cm³/mol. The van der Waals surface area contributed by atoms with Crippen LogP contribution < -0.4 is 0 Å². The second-order valence-corrected chi connectivity index (χ2v) is 6.63.